The summed E-state index contributed by atoms with van der Waals surface area (Å²) in [5.41, 5.74) is 0. The van der Waals surface area contributed by atoms with Crippen molar-refractivity contribution in [3.8, 4) is 0 Å². The third-order valence-corrected chi connectivity index (χ3v) is 0.707. The maximum atomic E-state index is 6.50. The lowest BCUT2D eigenvalue weighted by Crippen LogP contribution is -2.29. The van der Waals surface area contributed by atoms with Gasteiger partial charge in [0, 0.05) is 0 Å². The van der Waals surface area contributed by atoms with Crippen molar-refractivity contribution in [2.75, 3.05) is 13.1 Å². The molecular weight excluding hydrogens is 80.0 g/mol. The maximum absolute atomic E-state index is 6.50. The van der Waals surface area contributed by atoms with Gasteiger partial charge >= 0.3 is 0 Å². The zero-order valence-electron chi connectivity index (χ0n) is 3.65. The first kappa shape index (κ1) is 5.88. The summed E-state index contributed by atoms with van der Waals surface area (Å²) in [7, 11) is 0. The second-order valence-corrected chi connectivity index (χ2v) is 1.10. The summed E-state index contributed by atoms with van der Waals surface area (Å²) >= 11 is 0. The maximum Gasteiger partial charge on any atom is -0.00368 e. The minimum atomic E-state index is 1.25. The molecule has 0 atom stereocenters. The molecule has 0 aliphatic carbocycles. The van der Waals surface area contributed by atoms with Gasteiger partial charge in [0.1, 0.15) is 0 Å². The second kappa shape index (κ2) is 4.88. The Bertz CT molecular complexity index is 16.8. The molecule has 3 nitrogen and oxygen atoms in total. The van der Waals surface area contributed by atoms with E-state index in [9.17, 15) is 0 Å². The highest BCUT2D eigenvalue weighted by molar-refractivity contribution is 4.56. The van der Waals surface area contributed by atoms with Crippen LogP contribution in [0, 0.1) is 0 Å². The van der Waals surface area contributed by atoms with Gasteiger partial charge in [0.15, 0.2) is 0 Å². The summed E-state index contributed by atoms with van der Waals surface area (Å²) in [6.07, 6.45) is 1.39. The van der Waals surface area contributed by atoms with Crippen LogP contribution >= 0.6 is 0 Å². The smallest absolute Gasteiger partial charge is 0.00368 e. The molecule has 0 bridgehead atoms. The monoisotopic (exact) mass is 90.1 g/mol. The average molecular weight is 90.1 g/mol. The topological polar surface area (TPSA) is 58.3 Å². The van der Waals surface area contributed by atoms with Crippen LogP contribution in [0.2, 0.25) is 0 Å². The molecule has 1 saturated heterocycles. The van der Waals surface area contributed by atoms with Crippen LogP contribution in [0.25, 0.3) is 0 Å². The molecule has 0 aromatic rings. The van der Waals surface area contributed by atoms with Crippen molar-refractivity contribution < 1.29 is 5.21 Å². The van der Waals surface area contributed by atoms with E-state index in [1.807, 2.05) is 0 Å². The minimum Gasteiger partial charge on any atom is -0.320 e. The highest BCUT2D eigenvalue weighted by Gasteiger charge is 1.92. The fourth-order valence-corrected chi connectivity index (χ4v) is 0.177. The Morgan fingerprint density at radius 1 is 1.33 bits per heavy atom. The summed E-state index contributed by atoms with van der Waals surface area (Å²) in [5, 5.41) is 9.61. The first-order chi connectivity index (χ1) is 3.00. The zero-order valence-corrected chi connectivity index (χ0v) is 3.65. The Labute approximate surface area is 37.1 Å². The molecule has 1 rings (SSSR count). The van der Waals surface area contributed by atoms with Gasteiger partial charge in [0.2, 0.25) is 0 Å². The molecule has 0 aromatic carbocycles. The highest BCUT2D eigenvalue weighted by atomic mass is 16.4. The number of nitrogens with two attached hydrogens (primary N) is 1. The van der Waals surface area contributed by atoms with E-state index in [0.29, 0.717) is 0 Å². The van der Waals surface area contributed by atoms with Crippen molar-refractivity contribution in [2.45, 2.75) is 6.42 Å². The van der Waals surface area contributed by atoms with Gasteiger partial charge in [-0.25, -0.2) is 5.90 Å². The molecule has 4 N–H and O–H groups in total. The van der Waals surface area contributed by atoms with Gasteiger partial charge in [0.25, 0.3) is 0 Å². The Kier molecular flexibility index (Phi) is 4.78. The van der Waals surface area contributed by atoms with Crippen LogP contribution in [0.1, 0.15) is 6.42 Å². The Hall–Kier alpha value is -0.120. The van der Waals surface area contributed by atoms with Crippen LogP contribution in [0.3, 0.4) is 0 Å². The van der Waals surface area contributed by atoms with Crippen LogP contribution in [0.15, 0.2) is 0 Å². The number of hydrogen-bond donors (Lipinski definition) is 3. The third-order valence-electron chi connectivity index (χ3n) is 0.707. The van der Waals surface area contributed by atoms with E-state index in [-0.39, 0.29) is 0 Å². The van der Waals surface area contributed by atoms with Crippen LogP contribution in [0.5, 0.6) is 0 Å². The standard InChI is InChI=1S/C3H7N.H3NO/c1-2-4-3-1;1-2/h4H,1-3H2;2H,1H2. The SMILES string of the molecule is C1CNC1.NO. The fraction of sp³-hybridized carbons (Fsp3) is 1.00. The van der Waals surface area contributed by atoms with E-state index in [1.54, 1.807) is 0 Å². The molecule has 0 aromatic heterocycles. The molecule has 1 fully saturated rings. The van der Waals surface area contributed by atoms with Crippen LogP contribution < -0.4 is 11.2 Å². The van der Waals surface area contributed by atoms with Gasteiger partial charge in [0.05, 0.1) is 0 Å². The Morgan fingerprint density at radius 3 is 1.50 bits per heavy atom. The molecule has 1 aliphatic heterocycles. The summed E-state index contributed by atoms with van der Waals surface area (Å²) in [6.45, 7) is 2.50. The first-order valence-corrected chi connectivity index (χ1v) is 1.97. The molecule has 0 saturated carbocycles. The average Bonchev–Trinajstić information content (AvgIpc) is 1.36. The molecule has 0 unspecified atom stereocenters. The number of rotatable bonds is 0. The lowest BCUT2D eigenvalue weighted by atomic mass is 10.3. The van der Waals surface area contributed by atoms with E-state index in [1.165, 1.54) is 19.5 Å². The normalized spacial score (nSPS) is 17.0. The summed E-state index contributed by atoms with van der Waals surface area (Å²) in [6, 6.07) is 0. The molecule has 1 heterocycles. The predicted octanol–water partition coefficient (Wildman–Crippen LogP) is -0.686. The van der Waals surface area contributed by atoms with Gasteiger partial charge in [-0.15, -0.1) is 0 Å². The molecule has 0 amide bonds. The molecule has 0 spiro atoms. The third kappa shape index (κ3) is 2.14. The van der Waals surface area contributed by atoms with Gasteiger partial charge in [-0.3, -0.25) is 0 Å². The molecule has 38 valence electrons. The van der Waals surface area contributed by atoms with Crippen molar-refractivity contribution in [2.24, 2.45) is 5.90 Å². The van der Waals surface area contributed by atoms with Crippen molar-refractivity contribution in [3.05, 3.63) is 0 Å². The second-order valence-electron chi connectivity index (χ2n) is 1.10. The van der Waals surface area contributed by atoms with Crippen molar-refractivity contribution >= 4 is 0 Å². The van der Waals surface area contributed by atoms with Crippen LogP contribution in [-0.2, 0) is 0 Å². The summed E-state index contributed by atoms with van der Waals surface area (Å²) in [5.74, 6) is 3.50. The fourth-order valence-electron chi connectivity index (χ4n) is 0.177. The largest absolute Gasteiger partial charge is 0.320 e. The van der Waals surface area contributed by atoms with Crippen molar-refractivity contribution in [3.63, 3.8) is 0 Å². The predicted molar refractivity (Wildman–Crippen MR) is 23.5 cm³/mol. The molecule has 1 aliphatic rings. The number of nitrogens with one attached hydrogen (secondary N) is 1. The molecular formula is C3H10N2O. The zero-order chi connectivity index (χ0) is 4.83. The molecule has 0 radical (unpaired) electrons. The Balaban J connectivity index is 0.000000112. The molecule has 3 heteroatoms. The van der Waals surface area contributed by atoms with Crippen LogP contribution in [-0.4, -0.2) is 18.3 Å². The van der Waals surface area contributed by atoms with E-state index < -0.39 is 0 Å². The van der Waals surface area contributed by atoms with Gasteiger partial charge in [-0.2, -0.15) is 0 Å². The van der Waals surface area contributed by atoms with Crippen LogP contribution in [0.4, 0.5) is 0 Å². The highest BCUT2D eigenvalue weighted by Crippen LogP contribution is 1.80. The lowest BCUT2D eigenvalue weighted by molar-refractivity contribution is 0.311. The van der Waals surface area contributed by atoms with E-state index >= 15 is 0 Å². The van der Waals surface area contributed by atoms with Crippen molar-refractivity contribution in [1.29, 1.82) is 0 Å². The quantitative estimate of drug-likeness (QED) is 0.345. The van der Waals surface area contributed by atoms with Crippen molar-refractivity contribution in [1.82, 2.24) is 5.32 Å². The van der Waals surface area contributed by atoms with E-state index in [4.69, 9.17) is 5.21 Å². The molecule has 6 heavy (non-hydrogen) atoms. The summed E-state index contributed by atoms with van der Waals surface area (Å²) in [4.78, 5) is 0. The van der Waals surface area contributed by atoms with Gasteiger partial charge < -0.3 is 10.5 Å². The van der Waals surface area contributed by atoms with E-state index in [2.05, 4.69) is 11.2 Å². The van der Waals surface area contributed by atoms with Gasteiger partial charge in [-0.1, -0.05) is 0 Å². The first-order valence-electron chi connectivity index (χ1n) is 1.97. The lowest BCUT2D eigenvalue weighted by Gasteiger charge is -2.09. The Morgan fingerprint density at radius 2 is 1.50 bits per heavy atom. The van der Waals surface area contributed by atoms with E-state index in [0.717, 1.165) is 0 Å². The number of hydrogen-bond acceptors (Lipinski definition) is 3. The van der Waals surface area contributed by atoms with Gasteiger partial charge in [-0.05, 0) is 19.5 Å². The minimum absolute atomic E-state index is 1.25. The summed E-state index contributed by atoms with van der Waals surface area (Å²) < 4.78 is 0.